The lowest BCUT2D eigenvalue weighted by Gasteiger charge is -2.03. The van der Waals surface area contributed by atoms with E-state index in [-0.39, 0.29) is 24.8 Å². The molecular weight excluding hydrogens is 271 g/mol. The Kier molecular flexibility index (Phi) is 16.3. The first kappa shape index (κ1) is 20.4. The van der Waals surface area contributed by atoms with Crippen molar-refractivity contribution in [2.45, 2.75) is 39.0 Å². The molecule has 0 aromatic heterocycles. The zero-order chi connectivity index (χ0) is 15.1. The van der Waals surface area contributed by atoms with Crippen LogP contribution in [0.2, 0.25) is 0 Å². The number of hydrogen-bond acceptors (Lipinski definition) is 6. The summed E-state index contributed by atoms with van der Waals surface area (Å²) in [5.74, 6) is -0.706. The van der Waals surface area contributed by atoms with E-state index in [0.717, 1.165) is 19.3 Å². The molecule has 0 heterocycles. The van der Waals surface area contributed by atoms with Crippen LogP contribution in [0, 0.1) is 0 Å². The summed E-state index contributed by atoms with van der Waals surface area (Å²) < 4.78 is 23.4. The third kappa shape index (κ3) is 19.6. The number of hydrogen-bond donors (Lipinski definition) is 0. The number of methoxy groups -OCH3 is 1. The number of rotatable bonds is 8. The zero-order valence-electron chi connectivity index (χ0n) is 12.2. The van der Waals surface area contributed by atoms with Crippen LogP contribution in [0.1, 0.15) is 39.0 Å². The van der Waals surface area contributed by atoms with Crippen molar-refractivity contribution in [3.63, 3.8) is 0 Å². The van der Waals surface area contributed by atoms with E-state index in [9.17, 15) is 14.2 Å². The van der Waals surface area contributed by atoms with Gasteiger partial charge in [0.25, 0.3) is 0 Å². The molecule has 0 fully saturated rings. The third-order valence-corrected chi connectivity index (χ3v) is 2.63. The Hall–Kier alpha value is -0.870. The second kappa shape index (κ2) is 15.2. The monoisotopic (exact) mass is 296 g/mol. The molecule has 0 bridgehead atoms. The van der Waals surface area contributed by atoms with E-state index in [0.29, 0.717) is 6.61 Å². The van der Waals surface area contributed by atoms with Crippen molar-refractivity contribution in [3.8, 4) is 0 Å². The van der Waals surface area contributed by atoms with E-state index in [1.807, 2.05) is 0 Å². The molecule has 1 unspecified atom stereocenters. The van der Waals surface area contributed by atoms with E-state index in [2.05, 4.69) is 16.2 Å². The Balaban J connectivity index is 0. The molecule has 19 heavy (non-hydrogen) atoms. The van der Waals surface area contributed by atoms with Crippen LogP contribution in [-0.2, 0) is 28.2 Å². The average molecular weight is 296 g/mol. The fraction of sp³-hybridized carbons (Fsp3) is 0.833. The van der Waals surface area contributed by atoms with E-state index < -0.39 is 8.03 Å². The maximum atomic E-state index is 11.0. The molecule has 0 amide bonds. The van der Waals surface area contributed by atoms with Crippen LogP contribution >= 0.6 is 8.03 Å². The molecule has 114 valence electrons. The van der Waals surface area contributed by atoms with Gasteiger partial charge in [-0.15, -0.1) is 0 Å². The molecule has 7 heteroatoms. The van der Waals surface area contributed by atoms with Crippen molar-refractivity contribution in [3.05, 3.63) is 0 Å². The molecule has 0 saturated heterocycles. The highest BCUT2D eigenvalue weighted by atomic mass is 31.1. The number of carbonyl (C=O) groups excluding carboxylic acids is 2. The Bertz CT molecular complexity index is 267. The van der Waals surface area contributed by atoms with Crippen molar-refractivity contribution in [1.82, 2.24) is 0 Å². The van der Waals surface area contributed by atoms with Gasteiger partial charge in [0.1, 0.15) is 0 Å². The summed E-state index contributed by atoms with van der Waals surface area (Å²) in [7, 11) is 1.11. The van der Waals surface area contributed by atoms with Gasteiger partial charge in [0.2, 0.25) is 0 Å². The Morgan fingerprint density at radius 1 is 1.05 bits per heavy atom. The van der Waals surface area contributed by atoms with E-state index in [1.165, 1.54) is 14.2 Å². The first-order chi connectivity index (χ1) is 8.97. The van der Waals surface area contributed by atoms with Gasteiger partial charge in [-0.2, -0.15) is 0 Å². The fourth-order valence-electron chi connectivity index (χ4n) is 0.916. The second-order valence-corrected chi connectivity index (χ2v) is 5.09. The Morgan fingerprint density at radius 3 is 2.00 bits per heavy atom. The van der Waals surface area contributed by atoms with Gasteiger partial charge >= 0.3 is 11.9 Å². The van der Waals surface area contributed by atoms with Gasteiger partial charge in [-0.1, -0.05) is 19.8 Å². The lowest BCUT2D eigenvalue weighted by Crippen LogP contribution is -2.09. The molecule has 0 aromatic carbocycles. The summed E-state index contributed by atoms with van der Waals surface area (Å²) in [6, 6.07) is 0. The largest absolute Gasteiger partial charge is 0.469 e. The van der Waals surface area contributed by atoms with Crippen molar-refractivity contribution < 1.29 is 28.2 Å². The standard InChI is InChI=1S/C10H18O4.C2H7O2P/c1-3-4-5-8-14-10(12)7-6-9(11)13-2;1-4-5(2)3/h3-8H2,1-2H3;5H,1-2H3. The quantitative estimate of drug-likeness (QED) is 0.389. The molecule has 0 aromatic rings. The van der Waals surface area contributed by atoms with Crippen molar-refractivity contribution in [1.29, 1.82) is 0 Å². The third-order valence-electron chi connectivity index (χ3n) is 2.06. The summed E-state index contributed by atoms with van der Waals surface area (Å²) in [6.07, 6.45) is 3.26. The molecule has 0 spiro atoms. The van der Waals surface area contributed by atoms with Crippen LogP contribution in [0.5, 0.6) is 0 Å². The van der Waals surface area contributed by atoms with E-state index >= 15 is 0 Å². The van der Waals surface area contributed by atoms with Gasteiger partial charge in [-0.3, -0.25) is 14.2 Å². The number of unbranched alkanes of at least 4 members (excludes halogenated alkanes) is 2. The number of ether oxygens (including phenoxy) is 2. The smallest absolute Gasteiger partial charge is 0.306 e. The second-order valence-electron chi connectivity index (χ2n) is 3.70. The van der Waals surface area contributed by atoms with E-state index in [1.54, 1.807) is 6.66 Å². The summed E-state index contributed by atoms with van der Waals surface area (Å²) in [4.78, 5) is 21.7. The van der Waals surface area contributed by atoms with Gasteiger partial charge in [0.15, 0.2) is 8.03 Å². The van der Waals surface area contributed by atoms with Gasteiger partial charge < -0.3 is 14.0 Å². The maximum Gasteiger partial charge on any atom is 0.306 e. The van der Waals surface area contributed by atoms with Gasteiger partial charge in [0, 0.05) is 13.8 Å². The normalized spacial score (nSPS) is 10.9. The van der Waals surface area contributed by atoms with Crippen LogP contribution in [-0.4, -0.2) is 39.4 Å². The predicted molar refractivity (Wildman–Crippen MR) is 73.7 cm³/mol. The number of esters is 2. The summed E-state index contributed by atoms with van der Waals surface area (Å²) in [5, 5.41) is 0. The molecule has 6 nitrogen and oxygen atoms in total. The predicted octanol–water partition coefficient (Wildman–Crippen LogP) is 2.41. The van der Waals surface area contributed by atoms with Gasteiger partial charge in [-0.05, 0) is 6.42 Å². The highest BCUT2D eigenvalue weighted by Crippen LogP contribution is 2.10. The summed E-state index contributed by atoms with van der Waals surface area (Å²) in [6.45, 7) is 4.08. The molecule has 0 radical (unpaired) electrons. The van der Waals surface area contributed by atoms with Crippen molar-refractivity contribution in [2.24, 2.45) is 0 Å². The lowest BCUT2D eigenvalue weighted by atomic mass is 10.3. The molecule has 0 saturated carbocycles. The van der Waals surface area contributed by atoms with Crippen LogP contribution in [0.25, 0.3) is 0 Å². The van der Waals surface area contributed by atoms with E-state index in [4.69, 9.17) is 4.74 Å². The SMILES string of the molecule is CCCCCOC(=O)CCC(=O)OC.CO[PH](C)=O. The highest BCUT2D eigenvalue weighted by molar-refractivity contribution is 7.38. The molecule has 0 N–H and O–H groups in total. The molecule has 1 atom stereocenters. The van der Waals surface area contributed by atoms with Crippen LogP contribution in [0.3, 0.4) is 0 Å². The Morgan fingerprint density at radius 2 is 1.58 bits per heavy atom. The molecular formula is C12H25O6P. The minimum atomic E-state index is -1.62. The molecule has 0 rings (SSSR count). The Labute approximate surface area is 115 Å². The van der Waals surface area contributed by atoms with Crippen molar-refractivity contribution >= 4 is 20.0 Å². The van der Waals surface area contributed by atoms with Crippen molar-refractivity contribution in [2.75, 3.05) is 27.5 Å². The lowest BCUT2D eigenvalue weighted by molar-refractivity contribution is -0.149. The highest BCUT2D eigenvalue weighted by Gasteiger charge is 2.07. The minimum Gasteiger partial charge on any atom is -0.469 e. The van der Waals surface area contributed by atoms with Gasteiger partial charge in [-0.25, -0.2) is 0 Å². The topological polar surface area (TPSA) is 78.9 Å². The van der Waals surface area contributed by atoms with Crippen LogP contribution < -0.4 is 0 Å². The fourth-order valence-corrected chi connectivity index (χ4v) is 0.916. The molecule has 0 aliphatic rings. The average Bonchev–Trinajstić information content (AvgIpc) is 2.41. The first-order valence-corrected chi connectivity index (χ1v) is 8.06. The minimum absolute atomic E-state index is 0.100. The molecule has 0 aliphatic heterocycles. The van der Waals surface area contributed by atoms with Crippen LogP contribution in [0.15, 0.2) is 0 Å². The zero-order valence-corrected chi connectivity index (χ0v) is 13.2. The summed E-state index contributed by atoms with van der Waals surface area (Å²) in [5.41, 5.74) is 0. The maximum absolute atomic E-state index is 11.0. The molecule has 0 aliphatic carbocycles. The number of carbonyl (C=O) groups is 2. The van der Waals surface area contributed by atoms with Gasteiger partial charge in [0.05, 0.1) is 26.6 Å². The summed E-state index contributed by atoms with van der Waals surface area (Å²) >= 11 is 0. The van der Waals surface area contributed by atoms with Crippen LogP contribution in [0.4, 0.5) is 0 Å². The first-order valence-electron chi connectivity index (χ1n) is 6.24.